The molecule has 4 aromatic rings. The maximum Gasteiger partial charge on any atom is 0.295 e. The predicted molar refractivity (Wildman–Crippen MR) is 99.9 cm³/mol. The molecular formula is C19H13FN4O2S. The zero-order valence-electron chi connectivity index (χ0n) is 14.1. The molecule has 0 bridgehead atoms. The largest absolute Gasteiger partial charge is 0.435 e. The van der Waals surface area contributed by atoms with Gasteiger partial charge in [-0.1, -0.05) is 6.07 Å². The van der Waals surface area contributed by atoms with Gasteiger partial charge in [0, 0.05) is 24.1 Å². The zero-order valence-corrected chi connectivity index (χ0v) is 15.0. The molecule has 4 rings (SSSR count). The SMILES string of the molecule is Cc1nc(-c2ccc(F)cc2)c(C(=O)Nc2nc(-c3ccccn3)cs2)o1. The molecule has 0 fully saturated rings. The number of oxazole rings is 1. The second-order valence-corrected chi connectivity index (χ2v) is 6.48. The number of nitrogens with zero attached hydrogens (tertiary/aromatic N) is 3. The Balaban J connectivity index is 1.59. The molecule has 0 saturated carbocycles. The van der Waals surface area contributed by atoms with E-state index >= 15 is 0 Å². The molecule has 6 nitrogen and oxygen atoms in total. The summed E-state index contributed by atoms with van der Waals surface area (Å²) in [6, 6.07) is 11.2. The smallest absolute Gasteiger partial charge is 0.295 e. The van der Waals surface area contributed by atoms with Gasteiger partial charge in [0.25, 0.3) is 5.91 Å². The van der Waals surface area contributed by atoms with E-state index in [4.69, 9.17) is 4.42 Å². The Morgan fingerprint density at radius 3 is 2.67 bits per heavy atom. The van der Waals surface area contributed by atoms with E-state index in [9.17, 15) is 9.18 Å². The zero-order chi connectivity index (χ0) is 18.8. The summed E-state index contributed by atoms with van der Waals surface area (Å²) in [4.78, 5) is 25.5. The van der Waals surface area contributed by atoms with Gasteiger partial charge >= 0.3 is 0 Å². The normalized spacial score (nSPS) is 10.7. The van der Waals surface area contributed by atoms with E-state index in [1.165, 1.54) is 23.5 Å². The van der Waals surface area contributed by atoms with Crippen LogP contribution in [-0.4, -0.2) is 20.9 Å². The first-order chi connectivity index (χ1) is 13.1. The first-order valence-electron chi connectivity index (χ1n) is 8.02. The number of rotatable bonds is 4. The second-order valence-electron chi connectivity index (χ2n) is 5.62. The molecule has 27 heavy (non-hydrogen) atoms. The van der Waals surface area contributed by atoms with Gasteiger partial charge in [-0.3, -0.25) is 15.1 Å². The van der Waals surface area contributed by atoms with Gasteiger partial charge in [-0.2, -0.15) is 0 Å². The number of aryl methyl sites for hydroxylation is 1. The van der Waals surface area contributed by atoms with Crippen molar-refractivity contribution in [1.82, 2.24) is 15.0 Å². The highest BCUT2D eigenvalue weighted by Crippen LogP contribution is 2.27. The maximum absolute atomic E-state index is 13.2. The summed E-state index contributed by atoms with van der Waals surface area (Å²) >= 11 is 1.28. The minimum absolute atomic E-state index is 0.0497. The van der Waals surface area contributed by atoms with Crippen molar-refractivity contribution in [1.29, 1.82) is 0 Å². The number of hydrogen-bond acceptors (Lipinski definition) is 6. The third-order valence-corrected chi connectivity index (χ3v) is 4.47. The van der Waals surface area contributed by atoms with Crippen LogP contribution in [0.15, 0.2) is 58.5 Å². The van der Waals surface area contributed by atoms with Crippen molar-refractivity contribution in [3.8, 4) is 22.6 Å². The number of aromatic nitrogens is 3. The number of amides is 1. The lowest BCUT2D eigenvalue weighted by Crippen LogP contribution is -2.12. The molecule has 0 radical (unpaired) electrons. The van der Waals surface area contributed by atoms with Crippen LogP contribution in [0.3, 0.4) is 0 Å². The summed E-state index contributed by atoms with van der Waals surface area (Å²) in [6.07, 6.45) is 1.68. The van der Waals surface area contributed by atoms with Gasteiger partial charge in [0.2, 0.25) is 5.76 Å². The first-order valence-corrected chi connectivity index (χ1v) is 8.90. The van der Waals surface area contributed by atoms with Gasteiger partial charge in [0.15, 0.2) is 11.0 Å². The standard InChI is InChI=1S/C19H13FN4O2S/c1-11-22-16(12-5-7-13(20)8-6-12)17(26-11)18(25)24-19-23-15(10-27-19)14-4-2-3-9-21-14/h2-10H,1H3,(H,23,24,25). The summed E-state index contributed by atoms with van der Waals surface area (Å²) in [6.45, 7) is 1.65. The summed E-state index contributed by atoms with van der Waals surface area (Å²) in [7, 11) is 0. The van der Waals surface area contributed by atoms with Crippen molar-refractivity contribution in [2.24, 2.45) is 0 Å². The van der Waals surface area contributed by atoms with Gasteiger partial charge in [-0.25, -0.2) is 14.4 Å². The third-order valence-electron chi connectivity index (χ3n) is 3.71. The van der Waals surface area contributed by atoms with Crippen LogP contribution in [0.4, 0.5) is 9.52 Å². The van der Waals surface area contributed by atoms with E-state index in [0.717, 1.165) is 5.69 Å². The van der Waals surface area contributed by atoms with E-state index in [2.05, 4.69) is 20.3 Å². The monoisotopic (exact) mass is 380 g/mol. The average Bonchev–Trinajstić information content (AvgIpc) is 3.30. The molecule has 0 unspecified atom stereocenters. The Hall–Kier alpha value is -3.39. The van der Waals surface area contributed by atoms with Crippen molar-refractivity contribution in [2.45, 2.75) is 6.92 Å². The summed E-state index contributed by atoms with van der Waals surface area (Å²) in [5, 5.41) is 4.94. The fourth-order valence-electron chi connectivity index (χ4n) is 2.50. The summed E-state index contributed by atoms with van der Waals surface area (Å²) < 4.78 is 18.6. The second kappa shape index (κ2) is 7.08. The Morgan fingerprint density at radius 1 is 1.11 bits per heavy atom. The molecule has 0 saturated heterocycles. The Labute approximate surface area is 157 Å². The van der Waals surface area contributed by atoms with E-state index < -0.39 is 5.91 Å². The number of halogens is 1. The molecule has 0 aliphatic rings. The minimum Gasteiger partial charge on any atom is -0.435 e. The van der Waals surface area contributed by atoms with Gasteiger partial charge in [-0.05, 0) is 36.4 Å². The molecule has 3 heterocycles. The molecule has 0 atom stereocenters. The fraction of sp³-hybridized carbons (Fsp3) is 0.0526. The third kappa shape index (κ3) is 3.61. The Bertz CT molecular complexity index is 1090. The molecule has 1 amide bonds. The van der Waals surface area contributed by atoms with Crippen molar-refractivity contribution >= 4 is 22.4 Å². The minimum atomic E-state index is -0.475. The lowest BCUT2D eigenvalue weighted by atomic mass is 10.1. The average molecular weight is 380 g/mol. The Kier molecular flexibility index (Phi) is 4.47. The molecular weight excluding hydrogens is 367 g/mol. The van der Waals surface area contributed by atoms with Crippen molar-refractivity contribution < 1.29 is 13.6 Å². The molecule has 0 spiro atoms. The van der Waals surface area contributed by atoms with Crippen LogP contribution in [0.2, 0.25) is 0 Å². The van der Waals surface area contributed by atoms with Crippen LogP contribution >= 0.6 is 11.3 Å². The first kappa shape index (κ1) is 17.0. The van der Waals surface area contributed by atoms with Crippen molar-refractivity contribution in [2.75, 3.05) is 5.32 Å². The summed E-state index contributed by atoms with van der Waals surface area (Å²) in [5.41, 5.74) is 2.33. The number of nitrogens with one attached hydrogen (secondary N) is 1. The quantitative estimate of drug-likeness (QED) is 0.561. The number of pyridine rings is 1. The number of anilines is 1. The highest BCUT2D eigenvalue weighted by Gasteiger charge is 2.21. The summed E-state index contributed by atoms with van der Waals surface area (Å²) in [5.74, 6) is -0.451. The van der Waals surface area contributed by atoms with E-state index in [0.29, 0.717) is 28.0 Å². The highest BCUT2D eigenvalue weighted by atomic mass is 32.1. The van der Waals surface area contributed by atoms with Crippen LogP contribution in [0, 0.1) is 12.7 Å². The van der Waals surface area contributed by atoms with Gasteiger partial charge < -0.3 is 4.42 Å². The van der Waals surface area contributed by atoms with Crippen LogP contribution in [0.1, 0.15) is 16.4 Å². The van der Waals surface area contributed by atoms with E-state index in [-0.39, 0.29) is 11.6 Å². The molecule has 0 aliphatic carbocycles. The van der Waals surface area contributed by atoms with E-state index in [1.807, 2.05) is 23.6 Å². The molecule has 3 aromatic heterocycles. The number of benzene rings is 1. The highest BCUT2D eigenvalue weighted by molar-refractivity contribution is 7.14. The van der Waals surface area contributed by atoms with Crippen LogP contribution in [-0.2, 0) is 0 Å². The number of thiazole rings is 1. The van der Waals surface area contributed by atoms with Crippen molar-refractivity contribution in [3.63, 3.8) is 0 Å². The predicted octanol–water partition coefficient (Wildman–Crippen LogP) is 4.56. The number of carbonyl (C=O) groups is 1. The molecule has 134 valence electrons. The van der Waals surface area contributed by atoms with Gasteiger partial charge in [0.1, 0.15) is 17.2 Å². The lowest BCUT2D eigenvalue weighted by molar-refractivity contribution is 0.0996. The number of hydrogen-bond donors (Lipinski definition) is 1. The van der Waals surface area contributed by atoms with Crippen LogP contribution in [0.25, 0.3) is 22.6 Å². The lowest BCUT2D eigenvalue weighted by Gasteiger charge is -2.02. The number of carbonyl (C=O) groups excluding carboxylic acids is 1. The molecule has 8 heteroatoms. The van der Waals surface area contributed by atoms with Crippen LogP contribution < -0.4 is 5.32 Å². The van der Waals surface area contributed by atoms with Crippen molar-refractivity contribution in [3.05, 3.63) is 71.5 Å². The Morgan fingerprint density at radius 2 is 1.93 bits per heavy atom. The van der Waals surface area contributed by atoms with E-state index in [1.54, 1.807) is 25.3 Å². The molecule has 1 aromatic carbocycles. The van der Waals surface area contributed by atoms with Gasteiger partial charge in [-0.15, -0.1) is 11.3 Å². The topological polar surface area (TPSA) is 80.9 Å². The maximum atomic E-state index is 13.2. The van der Waals surface area contributed by atoms with Crippen LogP contribution in [0.5, 0.6) is 0 Å². The fourth-order valence-corrected chi connectivity index (χ4v) is 3.20. The molecule has 1 N–H and O–H groups in total. The molecule has 0 aliphatic heterocycles. The van der Waals surface area contributed by atoms with Gasteiger partial charge in [0.05, 0.1) is 5.69 Å².